The predicted octanol–water partition coefficient (Wildman–Crippen LogP) is 2.30. The van der Waals surface area contributed by atoms with Gasteiger partial charge in [0.05, 0.1) is 6.20 Å². The highest BCUT2D eigenvalue weighted by Crippen LogP contribution is 2.29. The summed E-state index contributed by atoms with van der Waals surface area (Å²) in [5, 5.41) is 4.13. The number of rotatable bonds is 3. The zero-order valence-electron chi connectivity index (χ0n) is 12.1. The fourth-order valence-corrected chi connectivity index (χ4v) is 2.75. The second kappa shape index (κ2) is 5.58. The number of alkyl halides is 3. The molecule has 0 amide bonds. The van der Waals surface area contributed by atoms with Crippen LogP contribution in [0.2, 0.25) is 0 Å². The standard InChI is InChI=1S/C14H16F3N5/c1-21-8-11(7-19-21)6-10-3-5-22(9-10)13-18-4-2-12(20-13)14(15,16)17/h2,4,7-8,10H,3,5-6,9H2,1H3. The van der Waals surface area contributed by atoms with Gasteiger partial charge in [-0.15, -0.1) is 0 Å². The smallest absolute Gasteiger partial charge is 0.341 e. The summed E-state index contributed by atoms with van der Waals surface area (Å²) < 4.78 is 39.9. The van der Waals surface area contributed by atoms with Gasteiger partial charge in [0.1, 0.15) is 5.69 Å². The van der Waals surface area contributed by atoms with Crippen molar-refractivity contribution in [3.63, 3.8) is 0 Å². The molecular formula is C14H16F3N5. The van der Waals surface area contributed by atoms with Gasteiger partial charge in [-0.05, 0) is 30.4 Å². The number of halogens is 3. The van der Waals surface area contributed by atoms with Crippen molar-refractivity contribution in [3.8, 4) is 0 Å². The number of nitrogens with zero attached hydrogens (tertiary/aromatic N) is 5. The first kappa shape index (κ1) is 14.8. The highest BCUT2D eigenvalue weighted by atomic mass is 19.4. The molecule has 0 aliphatic carbocycles. The van der Waals surface area contributed by atoms with E-state index in [4.69, 9.17) is 0 Å². The molecule has 0 saturated carbocycles. The van der Waals surface area contributed by atoms with Crippen molar-refractivity contribution in [2.45, 2.75) is 19.0 Å². The average Bonchev–Trinajstić information content (AvgIpc) is 3.08. The van der Waals surface area contributed by atoms with Crippen LogP contribution in [0.4, 0.5) is 19.1 Å². The lowest BCUT2D eigenvalue weighted by Crippen LogP contribution is -2.23. The van der Waals surface area contributed by atoms with Crippen LogP contribution >= 0.6 is 0 Å². The van der Waals surface area contributed by atoms with Gasteiger partial charge in [-0.2, -0.15) is 18.3 Å². The first-order valence-electron chi connectivity index (χ1n) is 7.04. The Labute approximate surface area is 125 Å². The topological polar surface area (TPSA) is 46.8 Å². The first-order valence-corrected chi connectivity index (χ1v) is 7.04. The van der Waals surface area contributed by atoms with E-state index in [1.807, 2.05) is 24.3 Å². The third kappa shape index (κ3) is 3.20. The molecule has 1 unspecified atom stereocenters. The van der Waals surface area contributed by atoms with Gasteiger partial charge in [0.15, 0.2) is 0 Å². The number of hydrogen-bond acceptors (Lipinski definition) is 4. The molecule has 1 aliphatic heterocycles. The van der Waals surface area contributed by atoms with Crippen molar-refractivity contribution in [1.82, 2.24) is 19.7 Å². The molecular weight excluding hydrogens is 295 g/mol. The Bertz CT molecular complexity index is 652. The molecule has 0 radical (unpaired) electrons. The van der Waals surface area contributed by atoms with Gasteiger partial charge < -0.3 is 4.90 Å². The summed E-state index contributed by atoms with van der Waals surface area (Å²) in [6.45, 7) is 1.34. The van der Waals surface area contributed by atoms with Crippen LogP contribution in [0.3, 0.4) is 0 Å². The Morgan fingerprint density at radius 2 is 2.18 bits per heavy atom. The molecule has 0 bridgehead atoms. The summed E-state index contributed by atoms with van der Waals surface area (Å²) in [5.74, 6) is 0.533. The van der Waals surface area contributed by atoms with Gasteiger partial charge in [-0.1, -0.05) is 0 Å². The maximum absolute atomic E-state index is 12.7. The molecule has 118 valence electrons. The minimum Gasteiger partial charge on any atom is -0.341 e. The quantitative estimate of drug-likeness (QED) is 0.872. The normalized spacial score (nSPS) is 18.9. The lowest BCUT2D eigenvalue weighted by atomic mass is 10.0. The zero-order chi connectivity index (χ0) is 15.7. The first-order chi connectivity index (χ1) is 10.4. The van der Waals surface area contributed by atoms with Crippen molar-refractivity contribution in [2.75, 3.05) is 18.0 Å². The summed E-state index contributed by atoms with van der Waals surface area (Å²) in [7, 11) is 1.86. The number of aromatic nitrogens is 4. The molecule has 1 saturated heterocycles. The molecule has 8 heteroatoms. The molecule has 1 atom stereocenters. The van der Waals surface area contributed by atoms with E-state index in [2.05, 4.69) is 15.1 Å². The lowest BCUT2D eigenvalue weighted by molar-refractivity contribution is -0.141. The average molecular weight is 311 g/mol. The Hall–Kier alpha value is -2.12. The van der Waals surface area contributed by atoms with Crippen molar-refractivity contribution in [3.05, 3.63) is 35.9 Å². The van der Waals surface area contributed by atoms with E-state index in [0.717, 1.165) is 24.5 Å². The van der Waals surface area contributed by atoms with E-state index in [1.54, 1.807) is 4.68 Å². The summed E-state index contributed by atoms with van der Waals surface area (Å²) in [4.78, 5) is 9.44. The third-order valence-electron chi connectivity index (χ3n) is 3.78. The SMILES string of the molecule is Cn1cc(CC2CCN(c3nccc(C(F)(F)F)n3)C2)cn1. The fourth-order valence-electron chi connectivity index (χ4n) is 2.75. The van der Waals surface area contributed by atoms with Crippen molar-refractivity contribution < 1.29 is 13.2 Å². The summed E-state index contributed by atoms with van der Waals surface area (Å²) in [6, 6.07) is 0.896. The second-order valence-corrected chi connectivity index (χ2v) is 5.57. The van der Waals surface area contributed by atoms with Crippen molar-refractivity contribution >= 4 is 5.95 Å². The molecule has 3 rings (SSSR count). The van der Waals surface area contributed by atoms with Crippen molar-refractivity contribution in [2.24, 2.45) is 13.0 Å². The van der Waals surface area contributed by atoms with E-state index in [0.29, 0.717) is 19.0 Å². The highest BCUT2D eigenvalue weighted by Gasteiger charge is 2.34. The third-order valence-corrected chi connectivity index (χ3v) is 3.78. The van der Waals surface area contributed by atoms with Gasteiger partial charge in [0.2, 0.25) is 5.95 Å². The van der Waals surface area contributed by atoms with Crippen LogP contribution in [0.25, 0.3) is 0 Å². The summed E-state index contributed by atoms with van der Waals surface area (Å²) in [5.41, 5.74) is 0.243. The zero-order valence-corrected chi connectivity index (χ0v) is 12.1. The van der Waals surface area contributed by atoms with E-state index < -0.39 is 11.9 Å². The van der Waals surface area contributed by atoms with Crippen LogP contribution < -0.4 is 4.90 Å². The highest BCUT2D eigenvalue weighted by molar-refractivity contribution is 5.33. The maximum atomic E-state index is 12.7. The molecule has 5 nitrogen and oxygen atoms in total. The second-order valence-electron chi connectivity index (χ2n) is 5.57. The minimum atomic E-state index is -4.44. The molecule has 0 spiro atoms. The van der Waals surface area contributed by atoms with E-state index in [1.165, 1.54) is 6.20 Å². The molecule has 1 fully saturated rings. The minimum absolute atomic E-state index is 0.156. The molecule has 0 aromatic carbocycles. The van der Waals surface area contributed by atoms with Crippen LogP contribution in [0.5, 0.6) is 0 Å². The Kier molecular flexibility index (Phi) is 3.76. The Morgan fingerprint density at radius 1 is 1.36 bits per heavy atom. The Balaban J connectivity index is 1.67. The lowest BCUT2D eigenvalue weighted by Gasteiger charge is -2.17. The number of anilines is 1. The largest absolute Gasteiger partial charge is 0.433 e. The van der Waals surface area contributed by atoms with E-state index in [9.17, 15) is 13.2 Å². The van der Waals surface area contributed by atoms with Gasteiger partial charge >= 0.3 is 6.18 Å². The molecule has 2 aromatic heterocycles. The number of aryl methyl sites for hydroxylation is 1. The molecule has 2 aromatic rings. The maximum Gasteiger partial charge on any atom is 0.433 e. The van der Waals surface area contributed by atoms with Gasteiger partial charge in [-0.25, -0.2) is 9.97 Å². The van der Waals surface area contributed by atoms with Crippen LogP contribution in [0.1, 0.15) is 17.7 Å². The van der Waals surface area contributed by atoms with Gasteiger partial charge in [0.25, 0.3) is 0 Å². The Morgan fingerprint density at radius 3 is 2.86 bits per heavy atom. The van der Waals surface area contributed by atoms with Gasteiger partial charge in [0, 0.05) is 32.5 Å². The predicted molar refractivity (Wildman–Crippen MR) is 74.3 cm³/mol. The van der Waals surface area contributed by atoms with E-state index in [-0.39, 0.29) is 5.95 Å². The van der Waals surface area contributed by atoms with Crippen LogP contribution in [0, 0.1) is 5.92 Å². The van der Waals surface area contributed by atoms with Crippen LogP contribution in [0.15, 0.2) is 24.7 Å². The monoisotopic (exact) mass is 311 g/mol. The van der Waals surface area contributed by atoms with Crippen molar-refractivity contribution in [1.29, 1.82) is 0 Å². The summed E-state index contributed by atoms with van der Waals surface area (Å²) >= 11 is 0. The van der Waals surface area contributed by atoms with E-state index >= 15 is 0 Å². The van der Waals surface area contributed by atoms with Crippen LogP contribution in [-0.4, -0.2) is 32.8 Å². The fraction of sp³-hybridized carbons (Fsp3) is 0.500. The van der Waals surface area contributed by atoms with Crippen LogP contribution in [-0.2, 0) is 19.6 Å². The molecule has 1 aliphatic rings. The summed E-state index contributed by atoms with van der Waals surface area (Å²) in [6.07, 6.45) is 2.29. The molecule has 22 heavy (non-hydrogen) atoms. The molecule has 3 heterocycles. The molecule has 0 N–H and O–H groups in total. The van der Waals surface area contributed by atoms with Gasteiger partial charge in [-0.3, -0.25) is 4.68 Å². The number of hydrogen-bond donors (Lipinski definition) is 0.